The van der Waals surface area contributed by atoms with Gasteiger partial charge >= 0.3 is 0 Å². The number of carbonyl (C=O) groups excluding carboxylic acids is 2. The highest BCUT2D eigenvalue weighted by Crippen LogP contribution is 2.45. The van der Waals surface area contributed by atoms with E-state index >= 15 is 0 Å². The fourth-order valence-electron chi connectivity index (χ4n) is 4.99. The van der Waals surface area contributed by atoms with Crippen molar-refractivity contribution in [1.82, 2.24) is 10.2 Å². The second kappa shape index (κ2) is 14.7. The monoisotopic (exact) mass is 681 g/mol. The molecule has 1 unspecified atom stereocenters. The summed E-state index contributed by atoms with van der Waals surface area (Å²) in [5.74, 6) is -0.412. The molecule has 1 aromatic heterocycles. The van der Waals surface area contributed by atoms with E-state index in [-0.39, 0.29) is 10.7 Å². The van der Waals surface area contributed by atoms with Crippen molar-refractivity contribution < 1.29 is 24.2 Å². The van der Waals surface area contributed by atoms with Gasteiger partial charge in [0.15, 0.2) is 27.4 Å². The first-order valence-corrected chi connectivity index (χ1v) is 16.7. The Morgan fingerprint density at radius 1 is 0.957 bits per heavy atom. The number of hydrogen-bond acceptors (Lipinski definition) is 9. The molecule has 0 fully saturated rings. The third-order valence-electron chi connectivity index (χ3n) is 7.32. The number of methoxy groups -OCH3 is 1. The quantitative estimate of drug-likeness (QED) is 0.0798. The highest BCUT2D eigenvalue weighted by Gasteiger charge is 2.45. The summed E-state index contributed by atoms with van der Waals surface area (Å²) in [5.41, 5.74) is 3.27. The number of aliphatic hydroxyl groups excluding tert-OH is 1. The van der Waals surface area contributed by atoms with Crippen LogP contribution in [0.1, 0.15) is 28.3 Å². The molecule has 0 saturated heterocycles. The molecule has 236 valence electrons. The minimum absolute atomic E-state index is 0.0762. The smallest absolute Gasteiger partial charge is 0.296 e. The maximum absolute atomic E-state index is 13.7. The van der Waals surface area contributed by atoms with E-state index in [4.69, 9.17) is 21.1 Å². The number of aromatic nitrogens is 2. The van der Waals surface area contributed by atoms with E-state index in [1.54, 1.807) is 24.3 Å². The first-order chi connectivity index (χ1) is 22.9. The minimum Gasteiger partial charge on any atom is -0.503 e. The van der Waals surface area contributed by atoms with Crippen LogP contribution in [-0.2, 0) is 21.9 Å². The van der Waals surface area contributed by atoms with Crippen LogP contribution in [-0.4, -0.2) is 34.1 Å². The summed E-state index contributed by atoms with van der Waals surface area (Å²) in [5, 5.41) is 20.7. The Labute approximate surface area is 285 Å². The van der Waals surface area contributed by atoms with Gasteiger partial charge in [-0.1, -0.05) is 120 Å². The largest absolute Gasteiger partial charge is 0.503 e. The average Bonchev–Trinajstić information content (AvgIpc) is 3.68. The lowest BCUT2D eigenvalue weighted by molar-refractivity contribution is -0.117. The fraction of sp³-hybridized carbons (Fsp3) is 0.111. The lowest BCUT2D eigenvalue weighted by Crippen LogP contribution is -2.30. The molecule has 1 aliphatic rings. The van der Waals surface area contributed by atoms with Crippen LogP contribution in [0.5, 0.6) is 11.5 Å². The summed E-state index contributed by atoms with van der Waals surface area (Å²) < 4.78 is 12.3. The molecular formula is C36H28ClN3O5S2. The van der Waals surface area contributed by atoms with Crippen molar-refractivity contribution in [1.29, 1.82) is 0 Å². The summed E-state index contributed by atoms with van der Waals surface area (Å²) in [4.78, 5) is 28.7. The van der Waals surface area contributed by atoms with E-state index in [0.717, 1.165) is 16.7 Å². The van der Waals surface area contributed by atoms with E-state index in [1.165, 1.54) is 41.2 Å². The number of benzene rings is 4. The average molecular weight is 682 g/mol. The normalized spacial score (nSPS) is 14.6. The molecule has 2 heterocycles. The highest BCUT2D eigenvalue weighted by molar-refractivity contribution is 8.00. The number of carbonyl (C=O) groups is 2. The number of anilines is 1. The van der Waals surface area contributed by atoms with Crippen molar-refractivity contribution in [2.24, 2.45) is 0 Å². The van der Waals surface area contributed by atoms with Crippen molar-refractivity contribution in [2.45, 2.75) is 22.7 Å². The molecule has 0 saturated carbocycles. The zero-order valence-electron chi connectivity index (χ0n) is 25.1. The Hall–Kier alpha value is -4.90. The van der Waals surface area contributed by atoms with Gasteiger partial charge in [0, 0.05) is 10.8 Å². The van der Waals surface area contributed by atoms with E-state index in [9.17, 15) is 14.7 Å². The van der Waals surface area contributed by atoms with Crippen LogP contribution in [0.4, 0.5) is 5.13 Å². The van der Waals surface area contributed by atoms with Crippen LogP contribution < -0.4 is 14.4 Å². The number of ketones is 1. The number of halogens is 1. The molecule has 1 amide bonds. The number of ether oxygens (including phenoxy) is 2. The number of thioether (sulfide) groups is 1. The van der Waals surface area contributed by atoms with Crippen LogP contribution in [0.15, 0.2) is 125 Å². The maximum Gasteiger partial charge on any atom is 0.296 e. The third-order valence-corrected chi connectivity index (χ3v) is 9.70. The predicted molar refractivity (Wildman–Crippen MR) is 185 cm³/mol. The van der Waals surface area contributed by atoms with Gasteiger partial charge in [-0.25, -0.2) is 0 Å². The molecule has 8 nitrogen and oxygen atoms in total. The lowest BCUT2D eigenvalue weighted by Gasteiger charge is -2.24. The van der Waals surface area contributed by atoms with Crippen LogP contribution in [0.25, 0.3) is 6.08 Å². The molecule has 0 spiro atoms. The molecule has 1 aliphatic heterocycles. The van der Waals surface area contributed by atoms with Crippen LogP contribution in [0.2, 0.25) is 5.02 Å². The van der Waals surface area contributed by atoms with E-state index in [1.807, 2.05) is 84.9 Å². The molecule has 4 aromatic carbocycles. The maximum atomic E-state index is 13.7. The van der Waals surface area contributed by atoms with Gasteiger partial charge in [-0.05, 0) is 52.6 Å². The first kappa shape index (κ1) is 32.1. The zero-order valence-corrected chi connectivity index (χ0v) is 27.5. The Kier molecular flexibility index (Phi) is 10.0. The van der Waals surface area contributed by atoms with Gasteiger partial charge in [0.1, 0.15) is 6.61 Å². The van der Waals surface area contributed by atoms with Gasteiger partial charge < -0.3 is 14.6 Å². The van der Waals surface area contributed by atoms with Crippen molar-refractivity contribution in [3.63, 3.8) is 0 Å². The summed E-state index contributed by atoms with van der Waals surface area (Å²) in [6.07, 6.45) is 3.00. The van der Waals surface area contributed by atoms with Gasteiger partial charge in [0.25, 0.3) is 5.91 Å². The van der Waals surface area contributed by atoms with Crippen molar-refractivity contribution in [3.05, 3.63) is 148 Å². The first-order valence-electron chi connectivity index (χ1n) is 14.5. The standard InChI is InChI=1S/C36H28ClN3O5S2/c1-44-30-20-26(15-19-29(30)45-21-24-10-6-3-7-11-24)32-31(28(41)18-14-23-8-4-2-5-9-23)33(42)34(43)40(32)35-38-39-36(47-35)46-22-25-12-16-27(37)17-13-25/h2-20,32,42H,21-22H2,1H3. The van der Waals surface area contributed by atoms with Gasteiger partial charge in [-0.3, -0.25) is 14.5 Å². The predicted octanol–water partition coefficient (Wildman–Crippen LogP) is 8.25. The molecule has 0 bridgehead atoms. The van der Waals surface area contributed by atoms with Crippen LogP contribution in [0.3, 0.4) is 0 Å². The molecular weight excluding hydrogens is 654 g/mol. The third kappa shape index (κ3) is 7.41. The summed E-state index contributed by atoms with van der Waals surface area (Å²) in [6.45, 7) is 0.320. The molecule has 0 radical (unpaired) electrons. The lowest BCUT2D eigenvalue weighted by atomic mass is 9.95. The van der Waals surface area contributed by atoms with Gasteiger partial charge in [0.05, 0.1) is 18.7 Å². The molecule has 6 rings (SSSR count). The number of amides is 1. The number of allylic oxidation sites excluding steroid dienone is 1. The molecule has 1 atom stereocenters. The van der Waals surface area contributed by atoms with Crippen molar-refractivity contribution in [2.75, 3.05) is 12.0 Å². The summed E-state index contributed by atoms with van der Waals surface area (Å²) in [7, 11) is 1.52. The highest BCUT2D eigenvalue weighted by atomic mass is 35.5. The summed E-state index contributed by atoms with van der Waals surface area (Å²) >= 11 is 8.67. The Bertz CT molecular complexity index is 1950. The SMILES string of the molecule is COc1cc(C2C(C(=O)C=Cc3ccccc3)=C(O)C(=O)N2c2nnc(SCc3ccc(Cl)cc3)s2)ccc1OCc1ccccc1. The molecule has 5 aromatic rings. The van der Waals surface area contributed by atoms with Gasteiger partial charge in [-0.2, -0.15) is 0 Å². The van der Waals surface area contributed by atoms with E-state index in [2.05, 4.69) is 10.2 Å². The number of rotatable bonds is 12. The van der Waals surface area contributed by atoms with Gasteiger partial charge in [-0.15, -0.1) is 10.2 Å². The second-order valence-electron chi connectivity index (χ2n) is 10.4. The van der Waals surface area contributed by atoms with Crippen LogP contribution in [0, 0.1) is 0 Å². The number of nitrogens with zero attached hydrogens (tertiary/aromatic N) is 3. The Balaban J connectivity index is 1.33. The van der Waals surface area contributed by atoms with Crippen LogP contribution >= 0.6 is 34.7 Å². The molecule has 11 heteroatoms. The second-order valence-corrected chi connectivity index (χ2v) is 13.0. The van der Waals surface area contributed by atoms with Crippen molar-refractivity contribution >= 4 is 57.6 Å². The Morgan fingerprint density at radius 3 is 2.40 bits per heavy atom. The zero-order chi connectivity index (χ0) is 32.8. The van der Waals surface area contributed by atoms with Gasteiger partial charge in [0.2, 0.25) is 5.13 Å². The number of aliphatic hydroxyl groups is 1. The molecule has 1 N–H and O–H groups in total. The molecule has 0 aliphatic carbocycles. The van der Waals surface area contributed by atoms with Crippen molar-refractivity contribution in [3.8, 4) is 11.5 Å². The topological polar surface area (TPSA) is 102 Å². The summed E-state index contributed by atoms with van der Waals surface area (Å²) in [6, 6.07) is 30.7. The van der Waals surface area contributed by atoms with E-state index < -0.39 is 23.5 Å². The Morgan fingerprint density at radius 2 is 1.68 bits per heavy atom. The fourth-order valence-corrected chi connectivity index (χ4v) is 6.94. The number of hydrogen-bond donors (Lipinski definition) is 1. The van der Waals surface area contributed by atoms with E-state index in [0.29, 0.717) is 38.8 Å². The molecule has 47 heavy (non-hydrogen) atoms. The minimum atomic E-state index is -1.01.